The maximum atomic E-state index is 5.69. The SMILES string of the molecule is CCOc1ccc(Oc2ccc(Cl)nc2)cc1. The van der Waals surface area contributed by atoms with Crippen molar-refractivity contribution in [3.63, 3.8) is 0 Å². The van der Waals surface area contributed by atoms with Crippen LogP contribution in [0.3, 0.4) is 0 Å². The van der Waals surface area contributed by atoms with E-state index in [0.717, 1.165) is 11.5 Å². The van der Waals surface area contributed by atoms with Crippen LogP contribution in [0, 0.1) is 0 Å². The van der Waals surface area contributed by atoms with Crippen LogP contribution in [0.2, 0.25) is 5.15 Å². The number of pyridine rings is 1. The van der Waals surface area contributed by atoms with Gasteiger partial charge in [0, 0.05) is 0 Å². The Bertz CT molecular complexity index is 468. The zero-order valence-electron chi connectivity index (χ0n) is 9.39. The van der Waals surface area contributed by atoms with E-state index < -0.39 is 0 Å². The second-order valence-corrected chi connectivity index (χ2v) is 3.71. The molecular weight excluding hydrogens is 238 g/mol. The Morgan fingerprint density at radius 2 is 1.65 bits per heavy atom. The molecule has 0 aliphatic carbocycles. The molecule has 0 unspecified atom stereocenters. The number of benzene rings is 1. The fourth-order valence-corrected chi connectivity index (χ4v) is 1.44. The highest BCUT2D eigenvalue weighted by Crippen LogP contribution is 2.23. The first-order valence-electron chi connectivity index (χ1n) is 5.30. The summed E-state index contributed by atoms with van der Waals surface area (Å²) in [5, 5.41) is 0.448. The molecule has 1 aromatic heterocycles. The zero-order chi connectivity index (χ0) is 12.1. The van der Waals surface area contributed by atoms with Gasteiger partial charge in [-0.05, 0) is 43.3 Å². The Morgan fingerprint density at radius 3 is 2.24 bits per heavy atom. The van der Waals surface area contributed by atoms with Crippen LogP contribution in [0.5, 0.6) is 17.2 Å². The van der Waals surface area contributed by atoms with E-state index >= 15 is 0 Å². The van der Waals surface area contributed by atoms with Crippen molar-refractivity contribution < 1.29 is 9.47 Å². The Balaban J connectivity index is 2.05. The van der Waals surface area contributed by atoms with Crippen molar-refractivity contribution in [2.24, 2.45) is 0 Å². The van der Waals surface area contributed by atoms with Gasteiger partial charge < -0.3 is 9.47 Å². The summed E-state index contributed by atoms with van der Waals surface area (Å²) < 4.78 is 10.9. The highest BCUT2D eigenvalue weighted by atomic mass is 35.5. The highest BCUT2D eigenvalue weighted by molar-refractivity contribution is 6.29. The number of nitrogens with zero attached hydrogens (tertiary/aromatic N) is 1. The van der Waals surface area contributed by atoms with Gasteiger partial charge in [0.2, 0.25) is 0 Å². The van der Waals surface area contributed by atoms with Gasteiger partial charge in [-0.3, -0.25) is 0 Å². The van der Waals surface area contributed by atoms with E-state index in [4.69, 9.17) is 21.1 Å². The number of aromatic nitrogens is 1. The van der Waals surface area contributed by atoms with Crippen molar-refractivity contribution in [2.45, 2.75) is 6.92 Å². The van der Waals surface area contributed by atoms with E-state index in [-0.39, 0.29) is 0 Å². The number of rotatable bonds is 4. The molecule has 3 nitrogen and oxygen atoms in total. The standard InChI is InChI=1S/C13H12ClNO2/c1-2-16-10-3-5-11(6-4-10)17-12-7-8-13(14)15-9-12/h3-9H,2H2,1H3. The third-order valence-corrected chi connectivity index (χ3v) is 2.29. The van der Waals surface area contributed by atoms with Crippen molar-refractivity contribution in [1.29, 1.82) is 0 Å². The summed E-state index contributed by atoms with van der Waals surface area (Å²) >= 11 is 5.69. The Labute approximate surface area is 105 Å². The largest absolute Gasteiger partial charge is 0.494 e. The molecule has 2 aromatic rings. The van der Waals surface area contributed by atoms with Crippen LogP contribution in [-0.2, 0) is 0 Å². The molecule has 2 rings (SSSR count). The minimum absolute atomic E-state index is 0.448. The molecule has 0 fully saturated rings. The van der Waals surface area contributed by atoms with Crippen LogP contribution in [0.15, 0.2) is 42.6 Å². The molecular formula is C13H12ClNO2. The quantitative estimate of drug-likeness (QED) is 0.770. The summed E-state index contributed by atoms with van der Waals surface area (Å²) in [5.41, 5.74) is 0. The molecule has 0 aliphatic heterocycles. The molecule has 1 heterocycles. The summed E-state index contributed by atoms with van der Waals surface area (Å²) in [4.78, 5) is 3.94. The Morgan fingerprint density at radius 1 is 1.00 bits per heavy atom. The van der Waals surface area contributed by atoms with Gasteiger partial charge in [0.1, 0.15) is 22.4 Å². The molecule has 4 heteroatoms. The smallest absolute Gasteiger partial charge is 0.145 e. The van der Waals surface area contributed by atoms with Gasteiger partial charge in [-0.2, -0.15) is 0 Å². The summed E-state index contributed by atoms with van der Waals surface area (Å²) in [6, 6.07) is 10.9. The van der Waals surface area contributed by atoms with Gasteiger partial charge in [-0.25, -0.2) is 4.98 Å². The average Bonchev–Trinajstić information content (AvgIpc) is 2.35. The van der Waals surface area contributed by atoms with Gasteiger partial charge >= 0.3 is 0 Å². The topological polar surface area (TPSA) is 31.4 Å². The molecule has 0 N–H and O–H groups in total. The van der Waals surface area contributed by atoms with Crippen LogP contribution in [0.1, 0.15) is 6.92 Å². The maximum absolute atomic E-state index is 5.69. The van der Waals surface area contributed by atoms with E-state index in [1.165, 1.54) is 0 Å². The zero-order valence-corrected chi connectivity index (χ0v) is 10.1. The van der Waals surface area contributed by atoms with Gasteiger partial charge in [-0.1, -0.05) is 11.6 Å². The molecule has 0 saturated carbocycles. The monoisotopic (exact) mass is 249 g/mol. The van der Waals surface area contributed by atoms with Crippen molar-refractivity contribution in [3.05, 3.63) is 47.7 Å². The lowest BCUT2D eigenvalue weighted by Gasteiger charge is -2.06. The summed E-state index contributed by atoms with van der Waals surface area (Å²) in [5.74, 6) is 2.21. The maximum Gasteiger partial charge on any atom is 0.145 e. The van der Waals surface area contributed by atoms with E-state index in [1.807, 2.05) is 31.2 Å². The third kappa shape index (κ3) is 3.36. The van der Waals surface area contributed by atoms with Crippen LogP contribution in [0.25, 0.3) is 0 Å². The first-order chi connectivity index (χ1) is 8.28. The lowest BCUT2D eigenvalue weighted by atomic mass is 10.3. The second kappa shape index (κ2) is 5.55. The minimum Gasteiger partial charge on any atom is -0.494 e. The lowest BCUT2D eigenvalue weighted by molar-refractivity contribution is 0.339. The van der Waals surface area contributed by atoms with E-state index in [1.54, 1.807) is 18.3 Å². The number of hydrogen-bond acceptors (Lipinski definition) is 3. The third-order valence-electron chi connectivity index (χ3n) is 2.07. The minimum atomic E-state index is 0.448. The molecule has 0 atom stereocenters. The van der Waals surface area contributed by atoms with Gasteiger partial charge in [0.05, 0.1) is 12.8 Å². The Kier molecular flexibility index (Phi) is 3.83. The highest BCUT2D eigenvalue weighted by Gasteiger charge is 1.98. The predicted octanol–water partition coefficient (Wildman–Crippen LogP) is 3.93. The average molecular weight is 250 g/mol. The van der Waals surface area contributed by atoms with Crippen molar-refractivity contribution in [2.75, 3.05) is 6.61 Å². The van der Waals surface area contributed by atoms with Crippen LogP contribution >= 0.6 is 11.6 Å². The first-order valence-corrected chi connectivity index (χ1v) is 5.68. The summed E-state index contributed by atoms with van der Waals surface area (Å²) in [6.45, 7) is 2.60. The number of halogens is 1. The van der Waals surface area contributed by atoms with Crippen molar-refractivity contribution in [1.82, 2.24) is 4.98 Å². The predicted molar refractivity (Wildman–Crippen MR) is 66.9 cm³/mol. The number of hydrogen-bond donors (Lipinski definition) is 0. The van der Waals surface area contributed by atoms with Crippen LogP contribution in [-0.4, -0.2) is 11.6 Å². The molecule has 0 spiro atoms. The molecule has 0 radical (unpaired) electrons. The van der Waals surface area contributed by atoms with Crippen molar-refractivity contribution >= 4 is 11.6 Å². The number of ether oxygens (including phenoxy) is 2. The Hall–Kier alpha value is -1.74. The molecule has 17 heavy (non-hydrogen) atoms. The molecule has 88 valence electrons. The van der Waals surface area contributed by atoms with Crippen LogP contribution < -0.4 is 9.47 Å². The normalized spacial score (nSPS) is 10.0. The van der Waals surface area contributed by atoms with E-state index in [0.29, 0.717) is 17.5 Å². The molecule has 1 aromatic carbocycles. The fraction of sp³-hybridized carbons (Fsp3) is 0.154. The molecule has 0 saturated heterocycles. The molecule has 0 bridgehead atoms. The van der Waals surface area contributed by atoms with E-state index in [2.05, 4.69) is 4.98 Å². The van der Waals surface area contributed by atoms with E-state index in [9.17, 15) is 0 Å². The fourth-order valence-electron chi connectivity index (χ4n) is 1.33. The van der Waals surface area contributed by atoms with Crippen molar-refractivity contribution in [3.8, 4) is 17.2 Å². The van der Waals surface area contributed by atoms with Gasteiger partial charge in [0.15, 0.2) is 0 Å². The van der Waals surface area contributed by atoms with Crippen LogP contribution in [0.4, 0.5) is 0 Å². The molecule has 0 aliphatic rings. The van der Waals surface area contributed by atoms with Gasteiger partial charge in [0.25, 0.3) is 0 Å². The summed E-state index contributed by atoms with van der Waals surface area (Å²) in [7, 11) is 0. The first kappa shape index (κ1) is 11.7. The lowest BCUT2D eigenvalue weighted by Crippen LogP contribution is -1.91. The van der Waals surface area contributed by atoms with Gasteiger partial charge in [-0.15, -0.1) is 0 Å². The molecule has 0 amide bonds. The second-order valence-electron chi connectivity index (χ2n) is 3.32. The summed E-state index contributed by atoms with van der Waals surface area (Å²) in [6.07, 6.45) is 1.58.